The van der Waals surface area contributed by atoms with Gasteiger partial charge in [0, 0.05) is 6.04 Å². The van der Waals surface area contributed by atoms with Crippen LogP contribution in [0.5, 0.6) is 0 Å². The maximum Gasteiger partial charge on any atom is 0.254 e. The van der Waals surface area contributed by atoms with E-state index in [0.717, 1.165) is 25.9 Å². The monoisotopic (exact) mass is 332 g/mol. The molecule has 0 aliphatic carbocycles. The van der Waals surface area contributed by atoms with Crippen LogP contribution in [-0.4, -0.2) is 37.0 Å². The van der Waals surface area contributed by atoms with Crippen molar-refractivity contribution >= 4 is 21.8 Å². The first kappa shape index (κ1) is 14.4. The zero-order valence-electron chi connectivity index (χ0n) is 10.5. The first-order valence-corrected chi connectivity index (χ1v) is 6.91. The zero-order valence-corrected chi connectivity index (χ0v) is 12.1. The van der Waals surface area contributed by atoms with Gasteiger partial charge in [0.25, 0.3) is 5.91 Å². The Morgan fingerprint density at radius 2 is 1.95 bits per heavy atom. The highest BCUT2D eigenvalue weighted by molar-refractivity contribution is 9.10. The Bertz CT molecular complexity index is 488. The number of rotatable bonds is 2. The van der Waals surface area contributed by atoms with E-state index in [4.69, 9.17) is 0 Å². The number of hydrogen-bond donors (Lipinski definition) is 1. The standard InChI is InChI=1S/C13H15BrF2N2O/c1-18-6-4-8(5-7-18)17-13(19)9-2-3-10(14)12(16)11(9)15/h2-3,8H,4-7H2,1H3,(H,17,19). The molecule has 1 aromatic rings. The van der Waals surface area contributed by atoms with Gasteiger partial charge in [-0.25, -0.2) is 8.78 Å². The lowest BCUT2D eigenvalue weighted by Gasteiger charge is -2.29. The molecule has 1 aliphatic rings. The van der Waals surface area contributed by atoms with Crippen LogP contribution in [0.25, 0.3) is 0 Å². The molecule has 1 heterocycles. The topological polar surface area (TPSA) is 32.3 Å². The molecular formula is C13H15BrF2N2O. The second kappa shape index (κ2) is 5.96. The van der Waals surface area contributed by atoms with Crippen LogP contribution >= 0.6 is 15.9 Å². The van der Waals surface area contributed by atoms with E-state index < -0.39 is 17.5 Å². The molecule has 2 rings (SSSR count). The van der Waals surface area contributed by atoms with Gasteiger partial charge in [0.15, 0.2) is 11.6 Å². The molecule has 0 aromatic heterocycles. The number of nitrogens with zero attached hydrogens (tertiary/aromatic N) is 1. The molecule has 1 N–H and O–H groups in total. The Kier molecular flexibility index (Phi) is 4.52. The lowest BCUT2D eigenvalue weighted by molar-refractivity contribution is 0.0911. The van der Waals surface area contributed by atoms with Crippen molar-refractivity contribution in [2.24, 2.45) is 0 Å². The Morgan fingerprint density at radius 1 is 1.32 bits per heavy atom. The van der Waals surface area contributed by atoms with E-state index in [-0.39, 0.29) is 16.1 Å². The van der Waals surface area contributed by atoms with Gasteiger partial charge in [-0.05, 0) is 61.0 Å². The van der Waals surface area contributed by atoms with E-state index in [0.29, 0.717) is 0 Å². The van der Waals surface area contributed by atoms with Gasteiger partial charge in [-0.3, -0.25) is 4.79 Å². The molecular weight excluding hydrogens is 318 g/mol. The van der Waals surface area contributed by atoms with Gasteiger partial charge in [0.2, 0.25) is 0 Å². The summed E-state index contributed by atoms with van der Waals surface area (Å²) in [6.07, 6.45) is 1.64. The molecule has 1 amide bonds. The third-order valence-corrected chi connectivity index (χ3v) is 3.95. The second-order valence-electron chi connectivity index (χ2n) is 4.77. The van der Waals surface area contributed by atoms with E-state index in [2.05, 4.69) is 26.1 Å². The highest BCUT2D eigenvalue weighted by Crippen LogP contribution is 2.21. The van der Waals surface area contributed by atoms with Crippen molar-refractivity contribution in [1.82, 2.24) is 10.2 Å². The fraction of sp³-hybridized carbons (Fsp3) is 0.462. The maximum absolute atomic E-state index is 13.7. The second-order valence-corrected chi connectivity index (χ2v) is 5.63. The highest BCUT2D eigenvalue weighted by Gasteiger charge is 2.22. The van der Waals surface area contributed by atoms with Crippen LogP contribution in [-0.2, 0) is 0 Å². The van der Waals surface area contributed by atoms with Gasteiger partial charge in [-0.2, -0.15) is 0 Å². The third kappa shape index (κ3) is 3.30. The minimum absolute atomic E-state index is 0.0147. The summed E-state index contributed by atoms with van der Waals surface area (Å²) in [5.41, 5.74) is -0.250. The van der Waals surface area contributed by atoms with Crippen molar-refractivity contribution in [2.45, 2.75) is 18.9 Å². The van der Waals surface area contributed by atoms with Crippen molar-refractivity contribution in [3.05, 3.63) is 33.8 Å². The van der Waals surface area contributed by atoms with Crippen LogP contribution in [0, 0.1) is 11.6 Å². The average Bonchev–Trinajstić information content (AvgIpc) is 2.39. The molecule has 1 fully saturated rings. The summed E-state index contributed by atoms with van der Waals surface area (Å²) in [5.74, 6) is -2.70. The number of hydrogen-bond acceptors (Lipinski definition) is 2. The summed E-state index contributed by atoms with van der Waals surface area (Å²) < 4.78 is 27.0. The molecule has 1 aromatic carbocycles. The van der Waals surface area contributed by atoms with Crippen LogP contribution in [0.1, 0.15) is 23.2 Å². The molecule has 0 unspecified atom stereocenters. The SMILES string of the molecule is CN1CCC(NC(=O)c2ccc(Br)c(F)c2F)CC1. The molecule has 0 saturated carbocycles. The maximum atomic E-state index is 13.7. The minimum atomic E-state index is -1.11. The number of carbonyl (C=O) groups is 1. The van der Waals surface area contributed by atoms with Crippen molar-refractivity contribution in [1.29, 1.82) is 0 Å². The Hall–Kier alpha value is -1.01. The summed E-state index contributed by atoms with van der Waals surface area (Å²) in [5, 5.41) is 2.76. The van der Waals surface area contributed by atoms with Gasteiger partial charge in [0.1, 0.15) is 0 Å². The molecule has 19 heavy (non-hydrogen) atoms. The molecule has 0 spiro atoms. The van der Waals surface area contributed by atoms with E-state index in [1.165, 1.54) is 12.1 Å². The van der Waals surface area contributed by atoms with Gasteiger partial charge in [-0.15, -0.1) is 0 Å². The number of nitrogens with one attached hydrogen (secondary N) is 1. The summed E-state index contributed by atoms with van der Waals surface area (Å²) >= 11 is 2.88. The van der Waals surface area contributed by atoms with Crippen molar-refractivity contribution < 1.29 is 13.6 Å². The number of piperidine rings is 1. The smallest absolute Gasteiger partial charge is 0.254 e. The van der Waals surface area contributed by atoms with Crippen LogP contribution in [0.2, 0.25) is 0 Å². The number of halogens is 3. The molecule has 104 valence electrons. The predicted octanol–water partition coefficient (Wildman–Crippen LogP) is 2.55. The van der Waals surface area contributed by atoms with Crippen molar-refractivity contribution in [3.63, 3.8) is 0 Å². The lowest BCUT2D eigenvalue weighted by atomic mass is 10.0. The van der Waals surface area contributed by atoms with Gasteiger partial charge >= 0.3 is 0 Å². The van der Waals surface area contributed by atoms with Crippen LogP contribution in [0.3, 0.4) is 0 Å². The lowest BCUT2D eigenvalue weighted by Crippen LogP contribution is -2.43. The van der Waals surface area contributed by atoms with E-state index in [9.17, 15) is 13.6 Å². The average molecular weight is 333 g/mol. The summed E-state index contributed by atoms with van der Waals surface area (Å²) in [6, 6.07) is 2.64. The Balaban J connectivity index is 2.06. The van der Waals surface area contributed by atoms with E-state index in [1.807, 2.05) is 7.05 Å². The number of likely N-dealkylation sites (tertiary alicyclic amines) is 1. The van der Waals surface area contributed by atoms with E-state index >= 15 is 0 Å². The Labute approximate surface area is 119 Å². The molecule has 1 aliphatic heterocycles. The van der Waals surface area contributed by atoms with Crippen LogP contribution < -0.4 is 5.32 Å². The number of amides is 1. The molecule has 6 heteroatoms. The number of carbonyl (C=O) groups excluding carboxylic acids is 1. The first-order chi connectivity index (χ1) is 8.99. The molecule has 1 saturated heterocycles. The molecule has 0 radical (unpaired) electrons. The summed E-state index contributed by atoms with van der Waals surface area (Å²) in [7, 11) is 2.02. The van der Waals surface area contributed by atoms with Gasteiger partial charge < -0.3 is 10.2 Å². The summed E-state index contributed by atoms with van der Waals surface area (Å²) in [6.45, 7) is 1.78. The van der Waals surface area contributed by atoms with Crippen LogP contribution in [0.15, 0.2) is 16.6 Å². The minimum Gasteiger partial charge on any atom is -0.349 e. The van der Waals surface area contributed by atoms with Gasteiger partial charge in [0.05, 0.1) is 10.0 Å². The zero-order chi connectivity index (χ0) is 14.0. The van der Waals surface area contributed by atoms with E-state index in [1.54, 1.807) is 0 Å². The predicted molar refractivity (Wildman–Crippen MR) is 72.0 cm³/mol. The fourth-order valence-electron chi connectivity index (χ4n) is 2.12. The largest absolute Gasteiger partial charge is 0.349 e. The third-order valence-electron chi connectivity index (χ3n) is 3.33. The van der Waals surface area contributed by atoms with Crippen molar-refractivity contribution in [2.75, 3.05) is 20.1 Å². The van der Waals surface area contributed by atoms with Crippen molar-refractivity contribution in [3.8, 4) is 0 Å². The fourth-order valence-corrected chi connectivity index (χ4v) is 2.42. The summed E-state index contributed by atoms with van der Waals surface area (Å²) in [4.78, 5) is 14.1. The molecule has 0 atom stereocenters. The quantitative estimate of drug-likeness (QED) is 0.844. The number of benzene rings is 1. The molecule has 3 nitrogen and oxygen atoms in total. The molecule has 0 bridgehead atoms. The highest BCUT2D eigenvalue weighted by atomic mass is 79.9. The normalized spacial score (nSPS) is 17.5. The van der Waals surface area contributed by atoms with Crippen LogP contribution in [0.4, 0.5) is 8.78 Å². The Morgan fingerprint density at radius 3 is 2.58 bits per heavy atom. The first-order valence-electron chi connectivity index (χ1n) is 6.12. The van der Waals surface area contributed by atoms with Gasteiger partial charge in [-0.1, -0.05) is 0 Å².